The zero-order valence-corrected chi connectivity index (χ0v) is 11.4. The highest BCUT2D eigenvalue weighted by Gasteiger charge is 2.32. The van der Waals surface area contributed by atoms with E-state index < -0.39 is 0 Å². The highest BCUT2D eigenvalue weighted by atomic mass is 15.1. The quantitative estimate of drug-likeness (QED) is 0.915. The van der Waals surface area contributed by atoms with E-state index in [1.165, 1.54) is 25.7 Å². The topological polar surface area (TPSA) is 43.8 Å². The highest BCUT2D eigenvalue weighted by Crippen LogP contribution is 2.38. The van der Waals surface area contributed by atoms with Crippen LogP contribution >= 0.6 is 0 Å². The van der Waals surface area contributed by atoms with Crippen LogP contribution in [0.5, 0.6) is 0 Å². The summed E-state index contributed by atoms with van der Waals surface area (Å²) in [6.45, 7) is 2.32. The minimum atomic E-state index is -0.0962. The van der Waals surface area contributed by atoms with Gasteiger partial charge in [0.15, 0.2) is 0 Å². The summed E-state index contributed by atoms with van der Waals surface area (Å²) in [7, 11) is 0. The predicted molar refractivity (Wildman–Crippen MR) is 76.8 cm³/mol. The van der Waals surface area contributed by atoms with Crippen LogP contribution < -0.4 is 5.73 Å². The van der Waals surface area contributed by atoms with Crippen molar-refractivity contribution >= 4 is 0 Å². The molecule has 0 aliphatic heterocycles. The summed E-state index contributed by atoms with van der Waals surface area (Å²) in [6, 6.07) is 10.2. The zero-order chi connectivity index (χ0) is 13.3. The van der Waals surface area contributed by atoms with Crippen molar-refractivity contribution in [1.82, 2.24) is 9.55 Å². The van der Waals surface area contributed by atoms with E-state index in [0.29, 0.717) is 0 Å². The van der Waals surface area contributed by atoms with Crippen LogP contribution in [0.25, 0.3) is 0 Å². The van der Waals surface area contributed by atoms with Crippen molar-refractivity contribution < 1.29 is 0 Å². The molecule has 1 aromatic heterocycles. The molecule has 1 saturated carbocycles. The van der Waals surface area contributed by atoms with Crippen LogP contribution in [0.15, 0.2) is 42.9 Å². The van der Waals surface area contributed by atoms with Gasteiger partial charge in [0, 0.05) is 5.54 Å². The van der Waals surface area contributed by atoms with Crippen LogP contribution in [0.1, 0.15) is 49.9 Å². The van der Waals surface area contributed by atoms with Crippen molar-refractivity contribution in [1.29, 1.82) is 0 Å². The average molecular weight is 255 g/mol. The normalized spacial score (nSPS) is 19.5. The number of benzene rings is 1. The van der Waals surface area contributed by atoms with E-state index in [4.69, 9.17) is 5.73 Å². The van der Waals surface area contributed by atoms with E-state index in [0.717, 1.165) is 11.3 Å². The van der Waals surface area contributed by atoms with Crippen LogP contribution in [0.4, 0.5) is 0 Å². The number of imidazole rings is 1. The first-order valence-electron chi connectivity index (χ1n) is 7.04. The van der Waals surface area contributed by atoms with Crippen molar-refractivity contribution in [3.8, 4) is 0 Å². The Morgan fingerprint density at radius 2 is 1.89 bits per heavy atom. The summed E-state index contributed by atoms with van der Waals surface area (Å²) in [5.74, 6) is 0. The molecule has 1 heterocycles. The Labute approximate surface area is 114 Å². The number of hydrogen-bond acceptors (Lipinski definition) is 2. The van der Waals surface area contributed by atoms with Gasteiger partial charge in [-0.25, -0.2) is 4.98 Å². The standard InChI is InChI=1S/C16H21N3/c1-16(9-5-6-10-16)19-12-18-11-14(19)15(17)13-7-3-2-4-8-13/h2-4,7-8,11-12,15H,5-6,9-10,17H2,1H3. The molecule has 3 heteroatoms. The second-order valence-electron chi connectivity index (χ2n) is 5.78. The maximum atomic E-state index is 6.43. The Balaban J connectivity index is 1.96. The molecule has 19 heavy (non-hydrogen) atoms. The van der Waals surface area contributed by atoms with Crippen molar-refractivity contribution in [2.45, 2.75) is 44.2 Å². The van der Waals surface area contributed by atoms with E-state index in [1.54, 1.807) is 0 Å². The van der Waals surface area contributed by atoms with Gasteiger partial charge in [0.2, 0.25) is 0 Å². The molecule has 0 bridgehead atoms. The lowest BCUT2D eigenvalue weighted by molar-refractivity contribution is 0.317. The Morgan fingerprint density at radius 3 is 2.58 bits per heavy atom. The Kier molecular flexibility index (Phi) is 3.15. The van der Waals surface area contributed by atoms with Crippen molar-refractivity contribution in [3.63, 3.8) is 0 Å². The van der Waals surface area contributed by atoms with Gasteiger partial charge in [0.05, 0.1) is 24.3 Å². The van der Waals surface area contributed by atoms with E-state index in [2.05, 4.69) is 28.6 Å². The first kappa shape index (κ1) is 12.4. The van der Waals surface area contributed by atoms with Gasteiger partial charge in [0.1, 0.15) is 0 Å². The van der Waals surface area contributed by atoms with Crippen LogP contribution in [-0.4, -0.2) is 9.55 Å². The molecular weight excluding hydrogens is 234 g/mol. The third-order valence-corrected chi connectivity index (χ3v) is 4.41. The third-order valence-electron chi connectivity index (χ3n) is 4.41. The molecule has 0 saturated heterocycles. The molecule has 1 aliphatic rings. The Hall–Kier alpha value is -1.61. The molecule has 100 valence electrons. The number of aromatic nitrogens is 2. The smallest absolute Gasteiger partial charge is 0.0953 e. The summed E-state index contributed by atoms with van der Waals surface area (Å²) >= 11 is 0. The number of nitrogens with two attached hydrogens (primary N) is 1. The van der Waals surface area contributed by atoms with Gasteiger partial charge < -0.3 is 10.3 Å². The predicted octanol–water partition coefficient (Wildman–Crippen LogP) is 3.22. The van der Waals surface area contributed by atoms with Gasteiger partial charge >= 0.3 is 0 Å². The summed E-state index contributed by atoms with van der Waals surface area (Å²) in [4.78, 5) is 4.34. The fraction of sp³-hybridized carbons (Fsp3) is 0.438. The third kappa shape index (κ3) is 2.19. The number of hydrogen-bond donors (Lipinski definition) is 1. The van der Waals surface area contributed by atoms with Gasteiger partial charge in [-0.05, 0) is 25.3 Å². The van der Waals surface area contributed by atoms with Gasteiger partial charge in [-0.3, -0.25) is 0 Å². The first-order valence-corrected chi connectivity index (χ1v) is 7.04. The molecule has 1 atom stereocenters. The summed E-state index contributed by atoms with van der Waals surface area (Å²) in [5.41, 5.74) is 8.89. The summed E-state index contributed by atoms with van der Waals surface area (Å²) in [5, 5.41) is 0. The van der Waals surface area contributed by atoms with E-state index >= 15 is 0 Å². The monoisotopic (exact) mass is 255 g/mol. The van der Waals surface area contributed by atoms with Gasteiger partial charge in [0.25, 0.3) is 0 Å². The molecule has 0 spiro atoms. The van der Waals surface area contributed by atoms with Gasteiger partial charge in [-0.1, -0.05) is 43.2 Å². The molecule has 3 nitrogen and oxygen atoms in total. The summed E-state index contributed by atoms with van der Waals surface area (Å²) < 4.78 is 2.30. The fourth-order valence-corrected chi connectivity index (χ4v) is 3.20. The molecule has 1 fully saturated rings. The SMILES string of the molecule is CC1(n2cncc2C(N)c2ccccc2)CCCC1. The maximum absolute atomic E-state index is 6.43. The molecule has 1 aromatic carbocycles. The van der Waals surface area contributed by atoms with Gasteiger partial charge in [-0.2, -0.15) is 0 Å². The first-order chi connectivity index (χ1) is 9.21. The largest absolute Gasteiger partial charge is 0.327 e. The molecular formula is C16H21N3. The molecule has 0 amide bonds. The molecule has 1 aliphatic carbocycles. The summed E-state index contributed by atoms with van der Waals surface area (Å²) in [6.07, 6.45) is 8.91. The van der Waals surface area contributed by atoms with Crippen LogP contribution in [-0.2, 0) is 5.54 Å². The lowest BCUT2D eigenvalue weighted by Crippen LogP contribution is -2.30. The molecule has 3 rings (SSSR count). The highest BCUT2D eigenvalue weighted by molar-refractivity contribution is 5.27. The molecule has 0 radical (unpaired) electrons. The van der Waals surface area contributed by atoms with Crippen molar-refractivity contribution in [2.75, 3.05) is 0 Å². The average Bonchev–Trinajstić information content (AvgIpc) is 3.08. The van der Waals surface area contributed by atoms with Crippen molar-refractivity contribution in [2.24, 2.45) is 5.73 Å². The fourth-order valence-electron chi connectivity index (χ4n) is 3.20. The number of nitrogens with zero attached hydrogens (tertiary/aromatic N) is 2. The lowest BCUT2D eigenvalue weighted by Gasteiger charge is -2.29. The zero-order valence-electron chi connectivity index (χ0n) is 11.4. The lowest BCUT2D eigenvalue weighted by atomic mass is 9.98. The van der Waals surface area contributed by atoms with E-state index in [9.17, 15) is 0 Å². The maximum Gasteiger partial charge on any atom is 0.0953 e. The van der Waals surface area contributed by atoms with Crippen LogP contribution in [0.3, 0.4) is 0 Å². The van der Waals surface area contributed by atoms with Gasteiger partial charge in [-0.15, -0.1) is 0 Å². The number of rotatable bonds is 3. The molecule has 2 aromatic rings. The second-order valence-corrected chi connectivity index (χ2v) is 5.78. The Bertz CT molecular complexity index is 538. The minimum Gasteiger partial charge on any atom is -0.327 e. The minimum absolute atomic E-state index is 0.0962. The van der Waals surface area contributed by atoms with Crippen molar-refractivity contribution in [3.05, 3.63) is 54.1 Å². The van der Waals surface area contributed by atoms with Crippen LogP contribution in [0, 0.1) is 0 Å². The molecule has 1 unspecified atom stereocenters. The molecule has 2 N–H and O–H groups in total. The second kappa shape index (κ2) is 4.82. The Morgan fingerprint density at radius 1 is 1.21 bits per heavy atom. The van der Waals surface area contributed by atoms with E-state index in [1.807, 2.05) is 30.7 Å². The van der Waals surface area contributed by atoms with Crippen LogP contribution in [0.2, 0.25) is 0 Å². The van der Waals surface area contributed by atoms with E-state index in [-0.39, 0.29) is 11.6 Å².